The van der Waals surface area contributed by atoms with E-state index in [-0.39, 0.29) is 0 Å². The summed E-state index contributed by atoms with van der Waals surface area (Å²) in [6.45, 7) is 2.27. The van der Waals surface area contributed by atoms with Crippen molar-refractivity contribution < 1.29 is 0 Å². The van der Waals surface area contributed by atoms with Crippen molar-refractivity contribution in [3.05, 3.63) is 35.9 Å². The van der Waals surface area contributed by atoms with Crippen LogP contribution in [0.3, 0.4) is 0 Å². The lowest BCUT2D eigenvalue weighted by atomic mass is 10.0. The summed E-state index contributed by atoms with van der Waals surface area (Å²) in [6, 6.07) is 12.3. The maximum atomic E-state index is 3.77. The van der Waals surface area contributed by atoms with Gasteiger partial charge >= 0.3 is 0 Å². The van der Waals surface area contributed by atoms with Crippen LogP contribution < -0.4 is 5.32 Å². The normalized spacial score (nSPS) is 17.3. The van der Waals surface area contributed by atoms with Gasteiger partial charge in [-0.3, -0.25) is 0 Å². The second-order valence-corrected chi connectivity index (χ2v) is 4.90. The van der Waals surface area contributed by atoms with E-state index in [1.165, 1.54) is 44.1 Å². The monoisotopic (exact) mass is 217 g/mol. The molecule has 0 aromatic heterocycles. The first-order valence-electron chi connectivity index (χ1n) is 6.71. The van der Waals surface area contributed by atoms with Crippen LogP contribution in [-0.4, -0.2) is 6.04 Å². The molecule has 0 amide bonds. The topological polar surface area (TPSA) is 12.0 Å². The molecule has 1 heteroatoms. The van der Waals surface area contributed by atoms with Crippen LogP contribution in [0.15, 0.2) is 30.3 Å². The molecule has 16 heavy (non-hydrogen) atoms. The second-order valence-electron chi connectivity index (χ2n) is 4.90. The summed E-state index contributed by atoms with van der Waals surface area (Å²) >= 11 is 0. The Balaban J connectivity index is 1.90. The molecule has 0 spiro atoms. The number of rotatable bonds is 7. The summed E-state index contributed by atoms with van der Waals surface area (Å²) in [5.41, 5.74) is 1.46. The minimum Gasteiger partial charge on any atom is -0.307 e. The molecule has 1 N–H and O–H groups in total. The lowest BCUT2D eigenvalue weighted by molar-refractivity contribution is 0.472. The van der Waals surface area contributed by atoms with Gasteiger partial charge in [0.25, 0.3) is 0 Å². The zero-order valence-corrected chi connectivity index (χ0v) is 10.3. The van der Waals surface area contributed by atoms with Crippen LogP contribution >= 0.6 is 0 Å². The number of nitrogens with one attached hydrogen (secondary N) is 1. The molecule has 0 aliphatic heterocycles. The van der Waals surface area contributed by atoms with Gasteiger partial charge < -0.3 is 5.32 Å². The third-order valence-corrected chi connectivity index (χ3v) is 3.31. The Morgan fingerprint density at radius 2 is 1.94 bits per heavy atom. The lowest BCUT2D eigenvalue weighted by Gasteiger charge is -2.19. The number of unbranched alkanes of at least 4 members (excludes halogenated alkanes) is 2. The van der Waals surface area contributed by atoms with E-state index < -0.39 is 0 Å². The van der Waals surface area contributed by atoms with Gasteiger partial charge in [0.15, 0.2) is 0 Å². The lowest BCUT2D eigenvalue weighted by Crippen LogP contribution is -2.23. The predicted molar refractivity (Wildman–Crippen MR) is 69.5 cm³/mol. The zero-order valence-electron chi connectivity index (χ0n) is 10.3. The van der Waals surface area contributed by atoms with Gasteiger partial charge in [-0.05, 0) is 24.8 Å². The van der Waals surface area contributed by atoms with Crippen molar-refractivity contribution in [1.29, 1.82) is 0 Å². The maximum Gasteiger partial charge on any atom is 0.0322 e. The molecule has 1 nitrogen and oxygen atoms in total. The Bertz CT molecular complexity index is 290. The van der Waals surface area contributed by atoms with E-state index in [1.807, 2.05) is 0 Å². The van der Waals surface area contributed by atoms with E-state index in [0.717, 1.165) is 6.04 Å². The summed E-state index contributed by atoms with van der Waals surface area (Å²) in [7, 11) is 0. The quantitative estimate of drug-likeness (QED) is 0.679. The number of benzene rings is 1. The third kappa shape index (κ3) is 3.64. The number of hydrogen-bond donors (Lipinski definition) is 1. The maximum absolute atomic E-state index is 3.77. The van der Waals surface area contributed by atoms with Crippen molar-refractivity contribution in [2.45, 2.75) is 57.5 Å². The third-order valence-electron chi connectivity index (χ3n) is 3.31. The summed E-state index contributed by atoms with van der Waals surface area (Å²) < 4.78 is 0. The van der Waals surface area contributed by atoms with Crippen LogP contribution in [0.25, 0.3) is 0 Å². The first-order chi connectivity index (χ1) is 7.90. The number of hydrogen-bond acceptors (Lipinski definition) is 1. The average molecular weight is 217 g/mol. The van der Waals surface area contributed by atoms with Crippen LogP contribution in [0.1, 0.15) is 57.1 Å². The zero-order chi connectivity index (χ0) is 11.2. The SMILES string of the molecule is CCCCCC(NC1CC1)c1ccccc1. The molecule has 1 saturated carbocycles. The van der Waals surface area contributed by atoms with Gasteiger partial charge in [0, 0.05) is 12.1 Å². The minimum atomic E-state index is 0.584. The molecule has 0 heterocycles. The van der Waals surface area contributed by atoms with E-state index in [2.05, 4.69) is 42.6 Å². The van der Waals surface area contributed by atoms with Gasteiger partial charge in [-0.25, -0.2) is 0 Å². The molecular formula is C15H23N. The predicted octanol–water partition coefficient (Wildman–Crippen LogP) is 4.06. The second kappa shape index (κ2) is 6.05. The van der Waals surface area contributed by atoms with Crippen molar-refractivity contribution in [1.82, 2.24) is 5.32 Å². The molecule has 0 radical (unpaired) electrons. The molecule has 1 aromatic rings. The van der Waals surface area contributed by atoms with Gasteiger partial charge in [-0.1, -0.05) is 56.5 Å². The van der Waals surface area contributed by atoms with Gasteiger partial charge in [0.2, 0.25) is 0 Å². The van der Waals surface area contributed by atoms with Crippen LogP contribution in [0.4, 0.5) is 0 Å². The van der Waals surface area contributed by atoms with E-state index >= 15 is 0 Å². The Hall–Kier alpha value is -0.820. The van der Waals surface area contributed by atoms with E-state index in [4.69, 9.17) is 0 Å². The smallest absolute Gasteiger partial charge is 0.0322 e. The highest BCUT2D eigenvalue weighted by atomic mass is 15.0. The molecule has 1 aliphatic carbocycles. The van der Waals surface area contributed by atoms with Gasteiger partial charge in [0.1, 0.15) is 0 Å². The van der Waals surface area contributed by atoms with E-state index in [1.54, 1.807) is 0 Å². The summed E-state index contributed by atoms with van der Waals surface area (Å²) in [4.78, 5) is 0. The average Bonchev–Trinajstić information content (AvgIpc) is 3.13. The van der Waals surface area contributed by atoms with E-state index in [0.29, 0.717) is 6.04 Å². The highest BCUT2D eigenvalue weighted by Gasteiger charge is 2.24. The minimum absolute atomic E-state index is 0.584. The molecule has 1 aliphatic rings. The molecule has 1 aromatic carbocycles. The van der Waals surface area contributed by atoms with Gasteiger partial charge in [-0.2, -0.15) is 0 Å². The first-order valence-corrected chi connectivity index (χ1v) is 6.71. The molecule has 1 fully saturated rings. The van der Waals surface area contributed by atoms with Crippen LogP contribution in [0.2, 0.25) is 0 Å². The van der Waals surface area contributed by atoms with Crippen molar-refractivity contribution in [2.75, 3.05) is 0 Å². The van der Waals surface area contributed by atoms with Crippen LogP contribution in [0.5, 0.6) is 0 Å². The molecule has 1 atom stereocenters. The fourth-order valence-electron chi connectivity index (χ4n) is 2.16. The fraction of sp³-hybridized carbons (Fsp3) is 0.600. The highest BCUT2D eigenvalue weighted by molar-refractivity contribution is 5.19. The largest absolute Gasteiger partial charge is 0.307 e. The summed E-state index contributed by atoms with van der Waals surface area (Å²) in [6.07, 6.45) is 8.04. The van der Waals surface area contributed by atoms with Crippen molar-refractivity contribution in [3.8, 4) is 0 Å². The molecule has 1 unspecified atom stereocenters. The Morgan fingerprint density at radius 3 is 2.56 bits per heavy atom. The van der Waals surface area contributed by atoms with Gasteiger partial charge in [-0.15, -0.1) is 0 Å². The van der Waals surface area contributed by atoms with Crippen molar-refractivity contribution in [3.63, 3.8) is 0 Å². The fourth-order valence-corrected chi connectivity index (χ4v) is 2.16. The summed E-state index contributed by atoms with van der Waals surface area (Å²) in [5.74, 6) is 0. The van der Waals surface area contributed by atoms with E-state index in [9.17, 15) is 0 Å². The molecule has 88 valence electrons. The molecule has 0 bridgehead atoms. The molecule has 2 rings (SSSR count). The Morgan fingerprint density at radius 1 is 1.19 bits per heavy atom. The standard InChI is InChI=1S/C15H23N/c1-2-3-5-10-15(16-14-11-12-14)13-8-6-4-7-9-13/h4,6-9,14-16H,2-3,5,10-12H2,1H3. The molecule has 0 saturated heterocycles. The van der Waals surface area contributed by atoms with Crippen LogP contribution in [-0.2, 0) is 0 Å². The summed E-state index contributed by atoms with van der Waals surface area (Å²) in [5, 5.41) is 3.77. The first kappa shape index (κ1) is 11.7. The Labute approximate surface area is 99.3 Å². The highest BCUT2D eigenvalue weighted by Crippen LogP contribution is 2.27. The molecular weight excluding hydrogens is 194 g/mol. The van der Waals surface area contributed by atoms with Crippen molar-refractivity contribution >= 4 is 0 Å². The van der Waals surface area contributed by atoms with Crippen molar-refractivity contribution in [2.24, 2.45) is 0 Å². The van der Waals surface area contributed by atoms with Crippen LogP contribution in [0, 0.1) is 0 Å². The Kier molecular flexibility index (Phi) is 4.41. The van der Waals surface area contributed by atoms with Gasteiger partial charge in [0.05, 0.1) is 0 Å².